The van der Waals surface area contributed by atoms with Crippen LogP contribution in [0.3, 0.4) is 0 Å². The number of anilines is 2. The Morgan fingerprint density at radius 3 is 2.00 bits per heavy atom. The van der Waals surface area contributed by atoms with Gasteiger partial charge in [0, 0.05) is 53.2 Å². The molecule has 2 aliphatic heterocycles. The summed E-state index contributed by atoms with van der Waals surface area (Å²) in [6.45, 7) is 0. The summed E-state index contributed by atoms with van der Waals surface area (Å²) in [6, 6.07) is 33.7. The van der Waals surface area contributed by atoms with E-state index >= 15 is 0 Å². The van der Waals surface area contributed by atoms with E-state index in [4.69, 9.17) is 0 Å². The lowest BCUT2D eigenvalue weighted by Gasteiger charge is -2.39. The van der Waals surface area contributed by atoms with Gasteiger partial charge in [0.25, 0.3) is 0 Å². The van der Waals surface area contributed by atoms with E-state index in [0.29, 0.717) is 47.8 Å². The summed E-state index contributed by atoms with van der Waals surface area (Å²) >= 11 is 0. The van der Waals surface area contributed by atoms with Gasteiger partial charge in [-0.15, -0.1) is 0 Å². The summed E-state index contributed by atoms with van der Waals surface area (Å²) in [6.07, 6.45) is 27.4. The van der Waals surface area contributed by atoms with E-state index in [1.165, 1.54) is 54.6 Å². The molecule has 0 saturated carbocycles. The summed E-state index contributed by atoms with van der Waals surface area (Å²) in [5, 5.41) is 0. The van der Waals surface area contributed by atoms with Gasteiger partial charge in [0.05, 0.1) is 6.04 Å². The molecule has 3 aromatic carbocycles. The van der Waals surface area contributed by atoms with Gasteiger partial charge in [-0.25, -0.2) is 0 Å². The van der Waals surface area contributed by atoms with Crippen LogP contribution in [0.15, 0.2) is 145 Å². The van der Waals surface area contributed by atoms with Gasteiger partial charge in [0.1, 0.15) is 0 Å². The molecule has 2 nitrogen and oxygen atoms in total. The van der Waals surface area contributed by atoms with Crippen molar-refractivity contribution in [1.29, 1.82) is 0 Å². The Morgan fingerprint density at radius 2 is 1.20 bits per heavy atom. The Bertz CT molecular complexity index is 1680. The van der Waals surface area contributed by atoms with E-state index in [1.54, 1.807) is 11.1 Å². The standard InChI is InChI=1S/C42H42N2/c1-3-13-29(14-4-1)30-15-11-18-33(27-30)43-39-23-9-8-20-36(39)38-28-31(25-26-41(38)43)34-21-12-22-37-35-19-7-10-24-40(35)44(42(34)37)32-16-5-2-6-17-32/h1-8,11-22,27-28,35-42H,9-10,23-26H2. The minimum atomic E-state index is 0.417. The molecule has 220 valence electrons. The highest BCUT2D eigenvalue weighted by Gasteiger charge is 2.52. The van der Waals surface area contributed by atoms with Crippen LogP contribution in [0.25, 0.3) is 11.1 Å². The molecule has 6 aliphatic rings. The van der Waals surface area contributed by atoms with Gasteiger partial charge in [0.2, 0.25) is 0 Å². The minimum absolute atomic E-state index is 0.417. The third-order valence-corrected chi connectivity index (χ3v) is 11.6. The molecule has 8 unspecified atom stereocenters. The fourth-order valence-corrected chi connectivity index (χ4v) is 9.89. The number of allylic oxidation sites excluding steroid dienone is 4. The molecular formula is C42H42N2. The summed E-state index contributed by atoms with van der Waals surface area (Å²) in [4.78, 5) is 5.67. The zero-order valence-corrected chi connectivity index (χ0v) is 25.5. The molecule has 8 atom stereocenters. The molecule has 2 heteroatoms. The molecule has 2 saturated heterocycles. The maximum atomic E-state index is 2.85. The predicted octanol–water partition coefficient (Wildman–Crippen LogP) is 9.55. The third-order valence-electron chi connectivity index (χ3n) is 11.6. The first-order chi connectivity index (χ1) is 21.8. The maximum absolute atomic E-state index is 2.85. The van der Waals surface area contributed by atoms with E-state index in [0.717, 1.165) is 6.42 Å². The lowest BCUT2D eigenvalue weighted by molar-refractivity contribution is 0.426. The lowest BCUT2D eigenvalue weighted by atomic mass is 9.73. The Hall–Kier alpha value is -4.04. The second-order valence-electron chi connectivity index (χ2n) is 13.8. The van der Waals surface area contributed by atoms with Crippen molar-refractivity contribution in [2.24, 2.45) is 23.7 Å². The third kappa shape index (κ3) is 4.21. The number of benzene rings is 3. The van der Waals surface area contributed by atoms with Crippen LogP contribution in [-0.4, -0.2) is 24.2 Å². The molecular weight excluding hydrogens is 532 g/mol. The van der Waals surface area contributed by atoms with Crippen molar-refractivity contribution in [2.75, 3.05) is 9.80 Å². The van der Waals surface area contributed by atoms with Gasteiger partial charge in [-0.1, -0.05) is 109 Å². The van der Waals surface area contributed by atoms with Crippen molar-refractivity contribution in [3.05, 3.63) is 145 Å². The molecule has 0 radical (unpaired) electrons. The number of hydrogen-bond acceptors (Lipinski definition) is 2. The molecule has 9 rings (SSSR count). The van der Waals surface area contributed by atoms with E-state index in [1.807, 2.05) is 0 Å². The predicted molar refractivity (Wildman–Crippen MR) is 184 cm³/mol. The quantitative estimate of drug-likeness (QED) is 0.286. The first-order valence-corrected chi connectivity index (χ1v) is 17.1. The van der Waals surface area contributed by atoms with Crippen LogP contribution < -0.4 is 9.80 Å². The number of nitrogens with zero attached hydrogens (tertiary/aromatic N) is 2. The SMILES string of the molecule is C1=CC2C3C=CCCC3N(c3ccccc3)C2C(C2=CC3C4C=CCCC4N(c4cccc(-c5ccccc5)c4)C3CC2)=C1. The summed E-state index contributed by atoms with van der Waals surface area (Å²) < 4.78 is 0. The van der Waals surface area contributed by atoms with E-state index in [-0.39, 0.29) is 0 Å². The minimum Gasteiger partial charge on any atom is -0.364 e. The molecule has 44 heavy (non-hydrogen) atoms. The Balaban J connectivity index is 1.08. The average molecular weight is 575 g/mol. The summed E-state index contributed by atoms with van der Waals surface area (Å²) in [5.74, 6) is 2.27. The van der Waals surface area contributed by atoms with Gasteiger partial charge < -0.3 is 9.80 Å². The van der Waals surface area contributed by atoms with Gasteiger partial charge in [-0.3, -0.25) is 0 Å². The van der Waals surface area contributed by atoms with Crippen molar-refractivity contribution in [3.63, 3.8) is 0 Å². The highest BCUT2D eigenvalue weighted by Crippen LogP contribution is 2.53. The number of fused-ring (bicyclic) bond motifs is 6. The monoisotopic (exact) mass is 574 g/mol. The van der Waals surface area contributed by atoms with Crippen LogP contribution in [0.5, 0.6) is 0 Å². The van der Waals surface area contributed by atoms with Gasteiger partial charge in [-0.05, 0) is 85.1 Å². The molecule has 0 N–H and O–H groups in total. The first-order valence-electron chi connectivity index (χ1n) is 17.1. The smallest absolute Gasteiger partial charge is 0.0617 e. The van der Waals surface area contributed by atoms with Crippen molar-refractivity contribution >= 4 is 11.4 Å². The van der Waals surface area contributed by atoms with Gasteiger partial charge in [0.15, 0.2) is 0 Å². The fraction of sp³-hybridized carbons (Fsp3) is 0.333. The molecule has 2 fully saturated rings. The molecule has 0 amide bonds. The van der Waals surface area contributed by atoms with Gasteiger partial charge in [-0.2, -0.15) is 0 Å². The van der Waals surface area contributed by atoms with Crippen molar-refractivity contribution in [1.82, 2.24) is 0 Å². The number of para-hydroxylation sites is 1. The van der Waals surface area contributed by atoms with Crippen LogP contribution >= 0.6 is 0 Å². The normalized spacial score (nSPS) is 33.3. The lowest BCUT2D eigenvalue weighted by Crippen LogP contribution is -2.41. The van der Waals surface area contributed by atoms with Crippen molar-refractivity contribution < 1.29 is 0 Å². The zero-order chi connectivity index (χ0) is 29.0. The maximum Gasteiger partial charge on any atom is 0.0617 e. The molecule has 0 spiro atoms. The second-order valence-corrected chi connectivity index (χ2v) is 13.8. The largest absolute Gasteiger partial charge is 0.364 e. The van der Waals surface area contributed by atoms with Crippen LogP contribution in [0.4, 0.5) is 11.4 Å². The second kappa shape index (κ2) is 10.8. The highest BCUT2D eigenvalue weighted by atomic mass is 15.2. The highest BCUT2D eigenvalue weighted by molar-refractivity contribution is 5.70. The van der Waals surface area contributed by atoms with Gasteiger partial charge >= 0.3 is 0 Å². The summed E-state index contributed by atoms with van der Waals surface area (Å²) in [7, 11) is 0. The zero-order valence-electron chi connectivity index (χ0n) is 25.5. The number of rotatable bonds is 4. The molecule has 3 aromatic rings. The fourth-order valence-electron chi connectivity index (χ4n) is 9.89. The average Bonchev–Trinajstić information content (AvgIpc) is 3.62. The Labute approximate surface area is 262 Å². The summed E-state index contributed by atoms with van der Waals surface area (Å²) in [5.41, 5.74) is 8.63. The molecule has 0 bridgehead atoms. The van der Waals surface area contributed by atoms with Crippen LogP contribution in [0.2, 0.25) is 0 Å². The Kier molecular flexibility index (Phi) is 6.50. The molecule has 0 aromatic heterocycles. The van der Waals surface area contributed by atoms with Crippen molar-refractivity contribution in [2.45, 2.75) is 62.7 Å². The number of hydrogen-bond donors (Lipinski definition) is 0. The van der Waals surface area contributed by atoms with Crippen LogP contribution in [0, 0.1) is 23.7 Å². The van der Waals surface area contributed by atoms with Crippen LogP contribution in [0.1, 0.15) is 38.5 Å². The van der Waals surface area contributed by atoms with Crippen LogP contribution in [-0.2, 0) is 0 Å². The molecule has 4 aliphatic carbocycles. The topological polar surface area (TPSA) is 6.48 Å². The molecule has 2 heterocycles. The van der Waals surface area contributed by atoms with E-state index < -0.39 is 0 Å². The van der Waals surface area contributed by atoms with E-state index in [2.05, 4.69) is 143 Å². The Morgan fingerprint density at radius 1 is 0.545 bits per heavy atom. The first kappa shape index (κ1) is 26.4. The van der Waals surface area contributed by atoms with E-state index in [9.17, 15) is 0 Å². The van der Waals surface area contributed by atoms with Crippen molar-refractivity contribution in [3.8, 4) is 11.1 Å².